The van der Waals surface area contributed by atoms with E-state index in [1.54, 1.807) is 6.20 Å². The molecule has 2 heterocycles. The van der Waals surface area contributed by atoms with Crippen molar-refractivity contribution in [2.75, 3.05) is 0 Å². The van der Waals surface area contributed by atoms with Gasteiger partial charge >= 0.3 is 6.09 Å². The average molecular weight is 288 g/mol. The van der Waals surface area contributed by atoms with Crippen molar-refractivity contribution >= 4 is 6.09 Å². The van der Waals surface area contributed by atoms with Crippen molar-refractivity contribution in [3.63, 3.8) is 0 Å². The maximum atomic E-state index is 10.8. The molecule has 2 aromatic rings. The molecule has 0 bridgehead atoms. The van der Waals surface area contributed by atoms with E-state index in [0.717, 1.165) is 11.3 Å². The lowest BCUT2D eigenvalue weighted by Gasteiger charge is -2.08. The third kappa shape index (κ3) is 3.01. The van der Waals surface area contributed by atoms with E-state index < -0.39 is 12.2 Å². The fraction of sp³-hybridized carbons (Fsp3) is 0.429. The number of hydrogen-bond acceptors (Lipinski definition) is 6. The van der Waals surface area contributed by atoms with Crippen LogP contribution in [0.1, 0.15) is 49.8 Å². The maximum Gasteiger partial charge on any atom is 0.405 e. The zero-order valence-electron chi connectivity index (χ0n) is 11.7. The summed E-state index contributed by atoms with van der Waals surface area (Å²) in [6.07, 6.45) is 3.14. The first-order chi connectivity index (χ1) is 10.2. The summed E-state index contributed by atoms with van der Waals surface area (Å²) >= 11 is 0. The first kappa shape index (κ1) is 13.5. The van der Waals surface area contributed by atoms with Crippen LogP contribution >= 0.6 is 0 Å². The van der Waals surface area contributed by atoms with E-state index in [1.807, 2.05) is 19.1 Å². The standard InChI is InChI=1S/C14H16N4O3/c1-2-11(20-14(15)19)13-17-12(18-21-13)9-5-6-16-10(7-9)8-3-4-8/h5-8,11H,2-4H2,1H3,(H2,15,19). The van der Waals surface area contributed by atoms with E-state index >= 15 is 0 Å². The Morgan fingerprint density at radius 3 is 3.05 bits per heavy atom. The van der Waals surface area contributed by atoms with Crippen molar-refractivity contribution in [2.45, 2.75) is 38.2 Å². The van der Waals surface area contributed by atoms with Crippen molar-refractivity contribution in [3.05, 3.63) is 29.9 Å². The van der Waals surface area contributed by atoms with Gasteiger partial charge in [-0.1, -0.05) is 12.1 Å². The minimum Gasteiger partial charge on any atom is -0.436 e. The van der Waals surface area contributed by atoms with Crippen LogP contribution in [-0.4, -0.2) is 21.2 Å². The lowest BCUT2D eigenvalue weighted by atomic mass is 10.2. The number of pyridine rings is 1. The first-order valence-electron chi connectivity index (χ1n) is 6.93. The molecule has 0 aromatic carbocycles. The van der Waals surface area contributed by atoms with Crippen molar-refractivity contribution in [2.24, 2.45) is 5.73 Å². The molecular formula is C14H16N4O3. The molecular weight excluding hydrogens is 272 g/mol. The molecule has 1 aliphatic rings. The summed E-state index contributed by atoms with van der Waals surface area (Å²) in [5.41, 5.74) is 6.92. The largest absolute Gasteiger partial charge is 0.436 e. The van der Waals surface area contributed by atoms with Gasteiger partial charge in [-0.15, -0.1) is 0 Å². The van der Waals surface area contributed by atoms with Crippen molar-refractivity contribution in [3.8, 4) is 11.4 Å². The average Bonchev–Trinajstić information content (AvgIpc) is 3.22. The lowest BCUT2D eigenvalue weighted by molar-refractivity contribution is 0.0825. The number of ether oxygens (including phenoxy) is 1. The first-order valence-corrected chi connectivity index (χ1v) is 6.93. The Morgan fingerprint density at radius 1 is 1.57 bits per heavy atom. The molecule has 7 heteroatoms. The molecule has 3 rings (SSSR count). The van der Waals surface area contributed by atoms with Crippen molar-refractivity contribution < 1.29 is 14.1 Å². The minimum atomic E-state index is -0.860. The topological polar surface area (TPSA) is 104 Å². The number of carbonyl (C=O) groups is 1. The summed E-state index contributed by atoms with van der Waals surface area (Å²) in [6.45, 7) is 1.84. The van der Waals surface area contributed by atoms with Gasteiger partial charge in [0.05, 0.1) is 0 Å². The Balaban J connectivity index is 1.83. The third-order valence-corrected chi connectivity index (χ3v) is 3.38. The van der Waals surface area contributed by atoms with Crippen LogP contribution in [0.25, 0.3) is 11.4 Å². The molecule has 1 fully saturated rings. The zero-order valence-corrected chi connectivity index (χ0v) is 11.7. The molecule has 0 saturated heterocycles. The van der Waals surface area contributed by atoms with Gasteiger partial charge in [0.2, 0.25) is 5.82 Å². The van der Waals surface area contributed by atoms with Crippen LogP contribution in [0.4, 0.5) is 4.79 Å². The van der Waals surface area contributed by atoms with E-state index in [1.165, 1.54) is 12.8 Å². The lowest BCUT2D eigenvalue weighted by Crippen LogP contribution is -2.17. The highest BCUT2D eigenvalue weighted by molar-refractivity contribution is 5.64. The summed E-state index contributed by atoms with van der Waals surface area (Å²) in [7, 11) is 0. The quantitative estimate of drug-likeness (QED) is 0.906. The second-order valence-corrected chi connectivity index (χ2v) is 5.03. The molecule has 1 unspecified atom stereocenters. The highest BCUT2D eigenvalue weighted by Crippen LogP contribution is 2.39. The molecule has 1 atom stereocenters. The van der Waals surface area contributed by atoms with Gasteiger partial charge in [-0.05, 0) is 31.4 Å². The molecule has 21 heavy (non-hydrogen) atoms. The van der Waals surface area contributed by atoms with Gasteiger partial charge in [0.1, 0.15) is 0 Å². The number of primary amides is 1. The molecule has 0 spiro atoms. The van der Waals surface area contributed by atoms with Gasteiger partial charge in [0, 0.05) is 23.4 Å². The van der Waals surface area contributed by atoms with Crippen LogP contribution in [0.15, 0.2) is 22.9 Å². The minimum absolute atomic E-state index is 0.246. The van der Waals surface area contributed by atoms with Crippen LogP contribution in [0.3, 0.4) is 0 Å². The molecule has 2 N–H and O–H groups in total. The van der Waals surface area contributed by atoms with Crippen LogP contribution < -0.4 is 5.73 Å². The Bertz CT molecular complexity index is 651. The summed E-state index contributed by atoms with van der Waals surface area (Å²) in [5.74, 6) is 1.26. The van der Waals surface area contributed by atoms with Gasteiger partial charge in [0.25, 0.3) is 5.89 Å². The summed E-state index contributed by atoms with van der Waals surface area (Å²) in [5, 5.41) is 3.94. The zero-order chi connectivity index (χ0) is 14.8. The number of nitrogens with two attached hydrogens (primary N) is 1. The second kappa shape index (κ2) is 5.51. The number of aromatic nitrogens is 3. The number of amides is 1. The highest BCUT2D eigenvalue weighted by Gasteiger charge is 2.26. The Hall–Kier alpha value is -2.44. The van der Waals surface area contributed by atoms with E-state index in [2.05, 4.69) is 15.1 Å². The molecule has 2 aromatic heterocycles. The molecule has 1 saturated carbocycles. The van der Waals surface area contributed by atoms with E-state index in [4.69, 9.17) is 15.0 Å². The Morgan fingerprint density at radius 2 is 2.38 bits per heavy atom. The number of nitrogens with zero attached hydrogens (tertiary/aromatic N) is 3. The van der Waals surface area contributed by atoms with Crippen LogP contribution in [0.5, 0.6) is 0 Å². The van der Waals surface area contributed by atoms with E-state index in [-0.39, 0.29) is 5.89 Å². The predicted molar refractivity (Wildman–Crippen MR) is 73.2 cm³/mol. The van der Waals surface area contributed by atoms with Gasteiger partial charge in [0.15, 0.2) is 6.10 Å². The monoisotopic (exact) mass is 288 g/mol. The third-order valence-electron chi connectivity index (χ3n) is 3.38. The fourth-order valence-electron chi connectivity index (χ4n) is 2.12. The number of carbonyl (C=O) groups excluding carboxylic acids is 1. The Kier molecular flexibility index (Phi) is 3.55. The van der Waals surface area contributed by atoms with Gasteiger partial charge in [-0.2, -0.15) is 4.98 Å². The normalized spacial score (nSPS) is 15.7. The molecule has 7 nitrogen and oxygen atoms in total. The van der Waals surface area contributed by atoms with E-state index in [0.29, 0.717) is 18.2 Å². The molecule has 0 radical (unpaired) electrons. The second-order valence-electron chi connectivity index (χ2n) is 5.03. The SMILES string of the molecule is CCC(OC(N)=O)c1nc(-c2ccnc(C3CC3)c2)no1. The van der Waals surface area contributed by atoms with Gasteiger partial charge in [-0.25, -0.2) is 4.79 Å². The number of hydrogen-bond donors (Lipinski definition) is 1. The van der Waals surface area contributed by atoms with Crippen molar-refractivity contribution in [1.82, 2.24) is 15.1 Å². The summed E-state index contributed by atoms with van der Waals surface area (Å²) < 4.78 is 10.1. The van der Waals surface area contributed by atoms with Crippen LogP contribution in [0.2, 0.25) is 0 Å². The Labute approximate surface area is 121 Å². The molecule has 110 valence electrons. The number of rotatable bonds is 5. The van der Waals surface area contributed by atoms with E-state index in [9.17, 15) is 4.79 Å². The summed E-state index contributed by atoms with van der Waals surface area (Å²) in [4.78, 5) is 19.5. The molecule has 1 aliphatic carbocycles. The van der Waals surface area contributed by atoms with Crippen molar-refractivity contribution in [1.29, 1.82) is 0 Å². The van der Waals surface area contributed by atoms with Crippen LogP contribution in [-0.2, 0) is 4.74 Å². The smallest absolute Gasteiger partial charge is 0.405 e. The summed E-state index contributed by atoms with van der Waals surface area (Å²) in [6, 6.07) is 3.80. The molecule has 0 aliphatic heterocycles. The van der Waals surface area contributed by atoms with Gasteiger partial charge < -0.3 is 15.0 Å². The fourth-order valence-corrected chi connectivity index (χ4v) is 2.12. The molecule has 1 amide bonds. The predicted octanol–water partition coefficient (Wildman–Crippen LogP) is 2.56. The highest BCUT2D eigenvalue weighted by atomic mass is 16.6. The van der Waals surface area contributed by atoms with Crippen LogP contribution in [0, 0.1) is 0 Å². The van der Waals surface area contributed by atoms with Gasteiger partial charge in [-0.3, -0.25) is 4.98 Å². The maximum absolute atomic E-state index is 10.8.